The van der Waals surface area contributed by atoms with Crippen LogP contribution in [0.15, 0.2) is 54.6 Å². The summed E-state index contributed by atoms with van der Waals surface area (Å²) in [6, 6.07) is 13.9. The second kappa shape index (κ2) is 7.33. The second-order valence-corrected chi connectivity index (χ2v) is 6.12. The summed E-state index contributed by atoms with van der Waals surface area (Å²) in [6.45, 7) is 3.71. The molecule has 0 spiro atoms. The molecule has 0 aliphatic rings. The number of urea groups is 1. The van der Waals surface area contributed by atoms with Gasteiger partial charge in [-0.2, -0.15) is 0 Å². The van der Waals surface area contributed by atoms with E-state index in [4.69, 9.17) is 5.73 Å². The number of nitrogens with zero attached hydrogens (tertiary/aromatic N) is 1. The predicted octanol–water partition coefficient (Wildman–Crippen LogP) is 3.98. The van der Waals surface area contributed by atoms with Gasteiger partial charge in [-0.15, -0.1) is 0 Å². The van der Waals surface area contributed by atoms with E-state index >= 15 is 0 Å². The number of aromatic nitrogens is 1. The molecule has 138 valence electrons. The number of anilines is 2. The van der Waals surface area contributed by atoms with Gasteiger partial charge in [0.1, 0.15) is 5.82 Å². The molecule has 3 rings (SSSR count). The third kappa shape index (κ3) is 3.98. The molecular weight excluding hydrogens is 347 g/mol. The van der Waals surface area contributed by atoms with Crippen molar-refractivity contribution in [2.24, 2.45) is 5.73 Å². The Morgan fingerprint density at radius 2 is 1.59 bits per heavy atom. The topological polar surface area (TPSA) is 89.2 Å². The van der Waals surface area contributed by atoms with Crippen molar-refractivity contribution >= 4 is 23.3 Å². The molecule has 0 saturated heterocycles. The number of halogens is 1. The van der Waals surface area contributed by atoms with Gasteiger partial charge in [-0.05, 0) is 62.4 Å². The Hall–Kier alpha value is -3.61. The maximum absolute atomic E-state index is 13.2. The molecule has 0 saturated carbocycles. The normalized spacial score (nSPS) is 10.5. The van der Waals surface area contributed by atoms with Crippen LogP contribution >= 0.6 is 0 Å². The maximum Gasteiger partial charge on any atom is 0.316 e. The van der Waals surface area contributed by atoms with Crippen LogP contribution in [0.3, 0.4) is 0 Å². The van der Waals surface area contributed by atoms with Gasteiger partial charge in [0, 0.05) is 28.5 Å². The van der Waals surface area contributed by atoms with E-state index < -0.39 is 6.03 Å². The summed E-state index contributed by atoms with van der Waals surface area (Å²) in [7, 11) is 0. The van der Waals surface area contributed by atoms with E-state index in [1.807, 2.05) is 18.4 Å². The average molecular weight is 366 g/mol. The lowest BCUT2D eigenvalue weighted by Crippen LogP contribution is -2.19. The highest BCUT2D eigenvalue weighted by molar-refractivity contribution is 6.05. The monoisotopic (exact) mass is 366 g/mol. The summed E-state index contributed by atoms with van der Waals surface area (Å²) in [4.78, 5) is 23.7. The van der Waals surface area contributed by atoms with Gasteiger partial charge in [0.25, 0.3) is 5.91 Å². The Kier molecular flexibility index (Phi) is 4.94. The third-order valence-corrected chi connectivity index (χ3v) is 4.15. The van der Waals surface area contributed by atoms with Crippen LogP contribution in [0.25, 0.3) is 5.69 Å². The molecule has 0 aliphatic heterocycles. The fraction of sp³-hybridized carbons (Fsp3) is 0.100. The van der Waals surface area contributed by atoms with E-state index in [-0.39, 0.29) is 11.7 Å². The Balaban J connectivity index is 1.87. The molecule has 3 aromatic rings. The highest BCUT2D eigenvalue weighted by Gasteiger charge is 2.17. The molecule has 7 heteroatoms. The van der Waals surface area contributed by atoms with E-state index in [1.54, 1.807) is 42.5 Å². The van der Waals surface area contributed by atoms with Crippen molar-refractivity contribution in [2.75, 3.05) is 10.6 Å². The molecule has 3 amide bonds. The lowest BCUT2D eigenvalue weighted by atomic mass is 10.2. The summed E-state index contributed by atoms with van der Waals surface area (Å²) < 4.78 is 15.1. The Labute approximate surface area is 155 Å². The van der Waals surface area contributed by atoms with Crippen molar-refractivity contribution < 1.29 is 14.0 Å². The number of nitrogens with two attached hydrogens (primary N) is 1. The third-order valence-electron chi connectivity index (χ3n) is 4.15. The van der Waals surface area contributed by atoms with Crippen LogP contribution < -0.4 is 16.4 Å². The maximum atomic E-state index is 13.2. The van der Waals surface area contributed by atoms with Crippen molar-refractivity contribution in [1.29, 1.82) is 0 Å². The average Bonchev–Trinajstić information content (AvgIpc) is 2.90. The number of nitrogens with one attached hydrogen (secondary N) is 2. The van der Waals surface area contributed by atoms with Crippen molar-refractivity contribution in [3.63, 3.8) is 0 Å². The summed E-state index contributed by atoms with van der Waals surface area (Å²) in [5.41, 5.74) is 8.99. The lowest BCUT2D eigenvalue weighted by Gasteiger charge is -2.10. The van der Waals surface area contributed by atoms with Gasteiger partial charge in [-0.3, -0.25) is 4.79 Å². The first kappa shape index (κ1) is 18.2. The van der Waals surface area contributed by atoms with Crippen LogP contribution in [0, 0.1) is 19.7 Å². The predicted molar refractivity (Wildman–Crippen MR) is 103 cm³/mol. The smallest absolute Gasteiger partial charge is 0.316 e. The lowest BCUT2D eigenvalue weighted by molar-refractivity contribution is 0.102. The molecule has 0 radical (unpaired) electrons. The fourth-order valence-electron chi connectivity index (χ4n) is 3.00. The van der Waals surface area contributed by atoms with E-state index in [0.717, 1.165) is 17.1 Å². The van der Waals surface area contributed by atoms with Crippen molar-refractivity contribution in [1.82, 2.24) is 4.57 Å². The number of hydrogen-bond donors (Lipinski definition) is 3. The zero-order valence-electron chi connectivity index (χ0n) is 14.9. The van der Waals surface area contributed by atoms with E-state index in [0.29, 0.717) is 16.9 Å². The van der Waals surface area contributed by atoms with Crippen molar-refractivity contribution in [3.8, 4) is 5.69 Å². The van der Waals surface area contributed by atoms with Crippen LogP contribution in [0.1, 0.15) is 21.7 Å². The first-order valence-corrected chi connectivity index (χ1v) is 8.28. The van der Waals surface area contributed by atoms with Gasteiger partial charge >= 0.3 is 6.03 Å². The van der Waals surface area contributed by atoms with Gasteiger partial charge in [0.2, 0.25) is 0 Å². The molecule has 0 bridgehead atoms. The van der Waals surface area contributed by atoms with E-state index in [9.17, 15) is 14.0 Å². The van der Waals surface area contributed by atoms with Gasteiger partial charge in [-0.25, -0.2) is 9.18 Å². The number of hydrogen-bond acceptors (Lipinski definition) is 2. The standard InChI is InChI=1S/C20H19FN4O2/c1-12-10-18(13(2)25(12)17-8-6-14(21)7-9-17)19(26)23-15-4-3-5-16(11-15)24-20(22)27/h3-11H,1-2H3,(H,23,26)(H3,22,24,27). The Morgan fingerprint density at radius 3 is 2.22 bits per heavy atom. The summed E-state index contributed by atoms with van der Waals surface area (Å²) in [6.07, 6.45) is 0. The van der Waals surface area contributed by atoms with Crippen LogP contribution in [0.2, 0.25) is 0 Å². The zero-order valence-corrected chi connectivity index (χ0v) is 14.9. The molecular formula is C20H19FN4O2. The highest BCUT2D eigenvalue weighted by atomic mass is 19.1. The van der Waals surface area contributed by atoms with Crippen LogP contribution in [0.5, 0.6) is 0 Å². The molecule has 0 unspecified atom stereocenters. The molecule has 2 aromatic carbocycles. The minimum Gasteiger partial charge on any atom is -0.351 e. The minimum absolute atomic E-state index is 0.285. The highest BCUT2D eigenvalue weighted by Crippen LogP contribution is 2.23. The van der Waals surface area contributed by atoms with Crippen LogP contribution in [-0.4, -0.2) is 16.5 Å². The van der Waals surface area contributed by atoms with Crippen molar-refractivity contribution in [2.45, 2.75) is 13.8 Å². The molecule has 1 aromatic heterocycles. The van der Waals surface area contributed by atoms with Gasteiger partial charge < -0.3 is 20.9 Å². The number of rotatable bonds is 4. The van der Waals surface area contributed by atoms with Gasteiger partial charge in [0.05, 0.1) is 5.56 Å². The van der Waals surface area contributed by atoms with Crippen LogP contribution in [-0.2, 0) is 0 Å². The van der Waals surface area contributed by atoms with E-state index in [1.165, 1.54) is 12.1 Å². The number of benzene rings is 2. The molecule has 6 nitrogen and oxygen atoms in total. The molecule has 0 aliphatic carbocycles. The fourth-order valence-corrected chi connectivity index (χ4v) is 3.00. The second-order valence-electron chi connectivity index (χ2n) is 6.12. The van der Waals surface area contributed by atoms with Gasteiger partial charge in [-0.1, -0.05) is 6.07 Å². The number of amides is 3. The number of aryl methyl sites for hydroxylation is 1. The molecule has 4 N–H and O–H groups in total. The molecule has 0 atom stereocenters. The van der Waals surface area contributed by atoms with Crippen molar-refractivity contribution in [3.05, 3.63) is 77.4 Å². The van der Waals surface area contributed by atoms with Gasteiger partial charge in [0.15, 0.2) is 0 Å². The number of carbonyl (C=O) groups is 2. The van der Waals surface area contributed by atoms with E-state index in [2.05, 4.69) is 10.6 Å². The van der Waals surface area contributed by atoms with Crippen LogP contribution in [0.4, 0.5) is 20.6 Å². The first-order valence-electron chi connectivity index (χ1n) is 8.28. The summed E-state index contributed by atoms with van der Waals surface area (Å²) in [5.74, 6) is -0.601. The summed E-state index contributed by atoms with van der Waals surface area (Å²) >= 11 is 0. The first-order chi connectivity index (χ1) is 12.8. The summed E-state index contributed by atoms with van der Waals surface area (Å²) in [5, 5.41) is 5.27. The largest absolute Gasteiger partial charge is 0.351 e. The minimum atomic E-state index is -0.679. The Bertz CT molecular complexity index is 1010. The molecule has 1 heterocycles. The SMILES string of the molecule is Cc1cc(C(=O)Nc2cccc(NC(N)=O)c2)c(C)n1-c1ccc(F)cc1. The number of primary amides is 1. The quantitative estimate of drug-likeness (QED) is 0.652. The molecule has 0 fully saturated rings. The number of carbonyl (C=O) groups excluding carboxylic acids is 2. The Morgan fingerprint density at radius 1 is 0.963 bits per heavy atom. The molecule has 27 heavy (non-hydrogen) atoms. The zero-order chi connectivity index (χ0) is 19.6.